The lowest BCUT2D eigenvalue weighted by Crippen LogP contribution is -2.29. The smallest absolute Gasteiger partial charge is 0.238 e. The fourth-order valence-corrected chi connectivity index (χ4v) is 2.26. The van der Waals surface area contributed by atoms with Crippen LogP contribution < -0.4 is 5.32 Å². The van der Waals surface area contributed by atoms with Gasteiger partial charge in [-0.15, -0.1) is 0 Å². The van der Waals surface area contributed by atoms with Crippen LogP contribution in [0.1, 0.15) is 5.56 Å². The summed E-state index contributed by atoms with van der Waals surface area (Å²) in [6, 6.07) is 14.8. The second kappa shape index (κ2) is 7.46. The summed E-state index contributed by atoms with van der Waals surface area (Å²) >= 11 is 11.9. The van der Waals surface area contributed by atoms with Gasteiger partial charge in [0, 0.05) is 11.6 Å². The van der Waals surface area contributed by atoms with Gasteiger partial charge in [0.2, 0.25) is 5.91 Å². The predicted octanol–water partition coefficient (Wildman–Crippen LogP) is 4.06. The number of likely N-dealkylation sites (N-methyl/N-ethyl adjacent to an activating group) is 1. The highest BCUT2D eigenvalue weighted by Gasteiger charge is 2.09. The highest BCUT2D eigenvalue weighted by atomic mass is 35.5. The van der Waals surface area contributed by atoms with Crippen molar-refractivity contribution < 1.29 is 4.79 Å². The first-order chi connectivity index (χ1) is 10.0. The molecule has 110 valence electrons. The fourth-order valence-electron chi connectivity index (χ4n) is 1.95. The van der Waals surface area contributed by atoms with Crippen LogP contribution in [0.25, 0.3) is 0 Å². The molecule has 21 heavy (non-hydrogen) atoms. The van der Waals surface area contributed by atoms with Crippen LogP contribution >= 0.6 is 23.2 Å². The second-order valence-electron chi connectivity index (χ2n) is 4.83. The Bertz CT molecular complexity index is 614. The van der Waals surface area contributed by atoms with E-state index in [1.165, 1.54) is 0 Å². The number of halogens is 2. The largest absolute Gasteiger partial charge is 0.324 e. The molecule has 0 fully saturated rings. The van der Waals surface area contributed by atoms with Crippen LogP contribution in [-0.4, -0.2) is 24.4 Å². The maximum Gasteiger partial charge on any atom is 0.238 e. The number of amides is 1. The number of anilines is 1. The molecule has 0 radical (unpaired) electrons. The maximum absolute atomic E-state index is 12.0. The molecule has 5 heteroatoms. The Kier molecular flexibility index (Phi) is 5.62. The molecule has 0 unspecified atom stereocenters. The Balaban J connectivity index is 1.87. The van der Waals surface area contributed by atoms with Gasteiger partial charge in [0.1, 0.15) is 0 Å². The summed E-state index contributed by atoms with van der Waals surface area (Å²) in [5.41, 5.74) is 1.73. The van der Waals surface area contributed by atoms with Crippen molar-refractivity contribution in [2.24, 2.45) is 0 Å². The second-order valence-corrected chi connectivity index (χ2v) is 5.67. The molecule has 0 saturated carbocycles. The van der Waals surface area contributed by atoms with Crippen molar-refractivity contribution in [3.05, 3.63) is 64.1 Å². The van der Waals surface area contributed by atoms with Gasteiger partial charge in [-0.1, -0.05) is 47.5 Å². The van der Waals surface area contributed by atoms with Gasteiger partial charge >= 0.3 is 0 Å². The minimum absolute atomic E-state index is 0.0976. The van der Waals surface area contributed by atoms with Crippen LogP contribution in [0.2, 0.25) is 10.0 Å². The van der Waals surface area contributed by atoms with Crippen molar-refractivity contribution in [2.45, 2.75) is 6.54 Å². The summed E-state index contributed by atoms with van der Waals surface area (Å²) in [4.78, 5) is 13.9. The molecule has 0 heterocycles. The zero-order chi connectivity index (χ0) is 15.2. The minimum Gasteiger partial charge on any atom is -0.324 e. The molecule has 0 aromatic heterocycles. The van der Waals surface area contributed by atoms with Crippen molar-refractivity contribution in [2.75, 3.05) is 18.9 Å². The summed E-state index contributed by atoms with van der Waals surface area (Å²) in [7, 11) is 1.89. The normalized spacial score (nSPS) is 10.7. The lowest BCUT2D eigenvalue weighted by Gasteiger charge is -2.16. The van der Waals surface area contributed by atoms with Crippen molar-refractivity contribution >= 4 is 34.8 Å². The molecule has 1 N–H and O–H groups in total. The van der Waals surface area contributed by atoms with E-state index in [0.29, 0.717) is 22.3 Å². The summed E-state index contributed by atoms with van der Waals surface area (Å²) < 4.78 is 0. The fraction of sp³-hybridized carbons (Fsp3) is 0.188. The molecule has 0 aliphatic rings. The van der Waals surface area contributed by atoms with Gasteiger partial charge in [0.15, 0.2) is 0 Å². The Morgan fingerprint density at radius 2 is 1.76 bits per heavy atom. The molecule has 2 rings (SSSR count). The van der Waals surface area contributed by atoms with Gasteiger partial charge in [0.25, 0.3) is 0 Å². The van der Waals surface area contributed by atoms with E-state index >= 15 is 0 Å². The Morgan fingerprint density at radius 3 is 2.43 bits per heavy atom. The molecule has 0 aliphatic carbocycles. The van der Waals surface area contributed by atoms with E-state index < -0.39 is 0 Å². The van der Waals surface area contributed by atoms with E-state index in [1.54, 1.807) is 12.1 Å². The molecule has 3 nitrogen and oxygen atoms in total. The number of para-hydroxylation sites is 1. The first-order valence-corrected chi connectivity index (χ1v) is 7.27. The molecular formula is C16H16Cl2N2O. The van der Waals surface area contributed by atoms with Crippen LogP contribution in [0.4, 0.5) is 5.69 Å². The average Bonchev–Trinajstić information content (AvgIpc) is 2.44. The first kappa shape index (κ1) is 15.8. The average molecular weight is 323 g/mol. The number of carbonyl (C=O) groups is 1. The molecule has 0 spiro atoms. The van der Waals surface area contributed by atoms with E-state index in [4.69, 9.17) is 23.2 Å². The van der Waals surface area contributed by atoms with Crippen molar-refractivity contribution in [3.8, 4) is 0 Å². The topological polar surface area (TPSA) is 32.3 Å². The molecule has 0 bridgehead atoms. The molecule has 0 atom stereocenters. The monoisotopic (exact) mass is 322 g/mol. The number of hydrogen-bond acceptors (Lipinski definition) is 2. The minimum atomic E-state index is -0.0976. The van der Waals surface area contributed by atoms with Gasteiger partial charge in [-0.05, 0) is 36.9 Å². The zero-order valence-corrected chi connectivity index (χ0v) is 13.2. The third-order valence-corrected chi connectivity index (χ3v) is 3.51. The summed E-state index contributed by atoms with van der Waals surface area (Å²) in [6.45, 7) is 0.959. The van der Waals surface area contributed by atoms with E-state index in [9.17, 15) is 4.79 Å². The molecular weight excluding hydrogens is 307 g/mol. The Morgan fingerprint density at radius 1 is 1.10 bits per heavy atom. The van der Waals surface area contributed by atoms with E-state index in [2.05, 4.69) is 5.32 Å². The third kappa shape index (κ3) is 5.05. The van der Waals surface area contributed by atoms with Gasteiger partial charge in [0.05, 0.1) is 17.3 Å². The van der Waals surface area contributed by atoms with E-state index in [-0.39, 0.29) is 12.5 Å². The lowest BCUT2D eigenvalue weighted by molar-refractivity contribution is -0.117. The number of benzene rings is 2. The van der Waals surface area contributed by atoms with Crippen LogP contribution in [0, 0.1) is 0 Å². The number of nitrogens with zero attached hydrogens (tertiary/aromatic N) is 1. The van der Waals surface area contributed by atoms with Gasteiger partial charge in [-0.3, -0.25) is 9.69 Å². The number of hydrogen-bond donors (Lipinski definition) is 1. The summed E-state index contributed by atoms with van der Waals surface area (Å²) in [5, 5.41) is 4.04. The van der Waals surface area contributed by atoms with Crippen molar-refractivity contribution in [3.63, 3.8) is 0 Å². The molecule has 1 amide bonds. The van der Waals surface area contributed by atoms with Crippen LogP contribution in [-0.2, 0) is 11.3 Å². The number of nitrogens with one attached hydrogen (secondary N) is 1. The number of rotatable bonds is 5. The Hall–Kier alpha value is -1.55. The molecule has 2 aromatic carbocycles. The van der Waals surface area contributed by atoms with Crippen LogP contribution in [0.3, 0.4) is 0 Å². The molecule has 0 aliphatic heterocycles. The van der Waals surface area contributed by atoms with Crippen molar-refractivity contribution in [1.29, 1.82) is 0 Å². The highest BCUT2D eigenvalue weighted by molar-refractivity contribution is 6.33. The van der Waals surface area contributed by atoms with E-state index in [0.717, 1.165) is 5.56 Å². The zero-order valence-electron chi connectivity index (χ0n) is 11.6. The summed E-state index contributed by atoms with van der Waals surface area (Å²) in [6.07, 6.45) is 0. The quantitative estimate of drug-likeness (QED) is 0.900. The summed E-state index contributed by atoms with van der Waals surface area (Å²) in [5.74, 6) is -0.0976. The lowest BCUT2D eigenvalue weighted by atomic mass is 10.2. The predicted molar refractivity (Wildman–Crippen MR) is 87.9 cm³/mol. The van der Waals surface area contributed by atoms with E-state index in [1.807, 2.05) is 48.3 Å². The van der Waals surface area contributed by atoms with Crippen molar-refractivity contribution in [1.82, 2.24) is 4.90 Å². The van der Waals surface area contributed by atoms with Crippen LogP contribution in [0.5, 0.6) is 0 Å². The SMILES string of the molecule is CN(CC(=O)Nc1ccccc1Cl)Cc1ccc(Cl)cc1. The van der Waals surface area contributed by atoms with Gasteiger partial charge < -0.3 is 5.32 Å². The Labute approximate surface area is 134 Å². The third-order valence-electron chi connectivity index (χ3n) is 2.93. The molecule has 2 aromatic rings. The maximum atomic E-state index is 12.0. The highest BCUT2D eigenvalue weighted by Crippen LogP contribution is 2.20. The number of carbonyl (C=O) groups excluding carboxylic acids is 1. The standard InChI is InChI=1S/C16H16Cl2N2O/c1-20(10-12-6-8-13(17)9-7-12)11-16(21)19-15-5-3-2-4-14(15)18/h2-9H,10-11H2,1H3,(H,19,21). The van der Waals surface area contributed by atoms with Crippen LogP contribution in [0.15, 0.2) is 48.5 Å². The van der Waals surface area contributed by atoms with Gasteiger partial charge in [-0.2, -0.15) is 0 Å². The molecule has 0 saturated heterocycles. The van der Waals surface area contributed by atoms with Gasteiger partial charge in [-0.25, -0.2) is 0 Å². The first-order valence-electron chi connectivity index (χ1n) is 6.52.